The van der Waals surface area contributed by atoms with E-state index in [4.69, 9.17) is 10.1 Å². The van der Waals surface area contributed by atoms with Gasteiger partial charge in [0.25, 0.3) is 0 Å². The van der Waals surface area contributed by atoms with E-state index in [0.717, 1.165) is 18.3 Å². The molecule has 0 bridgehead atoms. The van der Waals surface area contributed by atoms with E-state index >= 15 is 0 Å². The van der Waals surface area contributed by atoms with Gasteiger partial charge in [-0.2, -0.15) is 10.3 Å². The Labute approximate surface area is 117 Å². The second-order valence-corrected chi connectivity index (χ2v) is 6.93. The van der Waals surface area contributed by atoms with Crippen molar-refractivity contribution in [3.05, 3.63) is 0 Å². The van der Waals surface area contributed by atoms with Crippen molar-refractivity contribution in [3.8, 4) is 6.07 Å². The summed E-state index contributed by atoms with van der Waals surface area (Å²) in [7, 11) is 0. The highest BCUT2D eigenvalue weighted by Gasteiger charge is 2.46. The summed E-state index contributed by atoms with van der Waals surface area (Å²) in [5.74, 6) is 1.61. The van der Waals surface area contributed by atoms with Crippen LogP contribution in [0, 0.1) is 23.2 Å². The zero-order valence-corrected chi connectivity index (χ0v) is 12.7. The predicted molar refractivity (Wildman–Crippen MR) is 76.2 cm³/mol. The van der Waals surface area contributed by atoms with Crippen LogP contribution in [0.25, 0.3) is 0 Å². The summed E-state index contributed by atoms with van der Waals surface area (Å²) in [5.41, 5.74) is 0.130. The highest BCUT2D eigenvalue weighted by molar-refractivity contribution is 4.96. The number of nitriles is 1. The number of hydrogen-bond acceptors (Lipinski definition) is 3. The first-order chi connectivity index (χ1) is 9.06. The van der Waals surface area contributed by atoms with Crippen LogP contribution in [0.4, 0.5) is 0 Å². The highest BCUT2D eigenvalue weighted by Crippen LogP contribution is 2.45. The lowest BCUT2D eigenvalue weighted by molar-refractivity contribution is -0.278. The van der Waals surface area contributed by atoms with Crippen molar-refractivity contribution >= 4 is 0 Å². The fourth-order valence-electron chi connectivity index (χ4n) is 4.16. The van der Waals surface area contributed by atoms with E-state index < -0.39 is 0 Å². The fraction of sp³-hybridized carbons (Fsp3) is 0.938. The molecule has 2 fully saturated rings. The number of hydrogen-bond donors (Lipinski definition) is 0. The van der Waals surface area contributed by atoms with Gasteiger partial charge in [0.1, 0.15) is 0 Å². The van der Waals surface area contributed by atoms with Crippen molar-refractivity contribution in [1.82, 2.24) is 5.06 Å². The van der Waals surface area contributed by atoms with E-state index in [-0.39, 0.29) is 5.54 Å². The molecule has 19 heavy (non-hydrogen) atoms. The van der Waals surface area contributed by atoms with E-state index in [1.54, 1.807) is 0 Å². The van der Waals surface area contributed by atoms with E-state index in [2.05, 4.69) is 31.9 Å². The molecule has 1 aliphatic carbocycles. The summed E-state index contributed by atoms with van der Waals surface area (Å²) in [6.45, 7) is 7.71. The Morgan fingerprint density at radius 1 is 1.32 bits per heavy atom. The van der Waals surface area contributed by atoms with Crippen molar-refractivity contribution in [2.45, 2.75) is 77.3 Å². The minimum absolute atomic E-state index is 0.130. The topological polar surface area (TPSA) is 36.3 Å². The first-order valence-corrected chi connectivity index (χ1v) is 7.85. The van der Waals surface area contributed by atoms with Gasteiger partial charge in [-0.25, -0.2) is 0 Å². The van der Waals surface area contributed by atoms with Crippen LogP contribution in [0.15, 0.2) is 0 Å². The Kier molecular flexibility index (Phi) is 4.86. The quantitative estimate of drug-likeness (QED) is 0.722. The Bertz CT molecular complexity index is 334. The summed E-state index contributed by atoms with van der Waals surface area (Å²) in [6.07, 6.45) is 8.01. The fourth-order valence-corrected chi connectivity index (χ4v) is 4.16. The maximum Gasteiger partial charge on any atom is 0.0695 e. The number of rotatable bonds is 4. The molecule has 1 saturated heterocycles. The van der Waals surface area contributed by atoms with Crippen LogP contribution >= 0.6 is 0 Å². The molecule has 0 aromatic rings. The van der Waals surface area contributed by atoms with Crippen LogP contribution in [0.2, 0.25) is 0 Å². The van der Waals surface area contributed by atoms with Crippen LogP contribution in [-0.4, -0.2) is 23.3 Å². The van der Waals surface area contributed by atoms with Gasteiger partial charge in [0.2, 0.25) is 0 Å². The van der Waals surface area contributed by atoms with Crippen molar-refractivity contribution < 1.29 is 4.84 Å². The van der Waals surface area contributed by atoms with Crippen LogP contribution in [0.1, 0.15) is 65.7 Å². The third-order valence-corrected chi connectivity index (χ3v) is 4.90. The monoisotopic (exact) mass is 264 g/mol. The zero-order valence-electron chi connectivity index (χ0n) is 12.7. The minimum Gasteiger partial charge on any atom is -0.298 e. The maximum atomic E-state index is 8.61. The molecule has 0 radical (unpaired) electrons. The van der Waals surface area contributed by atoms with Gasteiger partial charge >= 0.3 is 0 Å². The molecule has 3 unspecified atom stereocenters. The highest BCUT2D eigenvalue weighted by atomic mass is 16.7. The molecule has 1 aliphatic heterocycles. The molecule has 3 nitrogen and oxygen atoms in total. The summed E-state index contributed by atoms with van der Waals surface area (Å²) < 4.78 is 0. The van der Waals surface area contributed by atoms with Gasteiger partial charge in [-0.1, -0.05) is 19.8 Å². The number of unbranched alkanes of at least 4 members (excludes halogenated alkanes) is 1. The van der Waals surface area contributed by atoms with Crippen molar-refractivity contribution in [2.24, 2.45) is 11.8 Å². The molecular weight excluding hydrogens is 236 g/mol. The average molecular weight is 264 g/mol. The molecule has 108 valence electrons. The Hall–Kier alpha value is -0.590. The second kappa shape index (κ2) is 6.24. The van der Waals surface area contributed by atoms with Crippen LogP contribution in [0.5, 0.6) is 0 Å². The van der Waals surface area contributed by atoms with E-state index in [0.29, 0.717) is 19.1 Å². The second-order valence-electron chi connectivity index (χ2n) is 6.93. The zero-order chi connectivity index (χ0) is 13.9. The lowest BCUT2D eigenvalue weighted by Crippen LogP contribution is -2.59. The third-order valence-electron chi connectivity index (χ3n) is 4.90. The lowest BCUT2D eigenvalue weighted by atomic mass is 9.68. The first-order valence-electron chi connectivity index (χ1n) is 7.85. The molecule has 0 aromatic heterocycles. The summed E-state index contributed by atoms with van der Waals surface area (Å²) in [6, 6.07) is 2.78. The summed E-state index contributed by atoms with van der Waals surface area (Å²) >= 11 is 0. The van der Waals surface area contributed by atoms with Gasteiger partial charge in [-0.05, 0) is 51.4 Å². The molecule has 2 rings (SSSR count). The molecule has 0 amide bonds. The largest absolute Gasteiger partial charge is 0.298 e. The van der Waals surface area contributed by atoms with E-state index in [9.17, 15) is 0 Å². The Balaban J connectivity index is 2.01. The Morgan fingerprint density at radius 3 is 2.79 bits per heavy atom. The molecule has 1 heterocycles. The van der Waals surface area contributed by atoms with Gasteiger partial charge in [0, 0.05) is 18.0 Å². The Morgan fingerprint density at radius 2 is 2.05 bits per heavy atom. The normalized spacial score (nSPS) is 34.5. The molecule has 0 N–H and O–H groups in total. The molecular formula is C16H28N2O. The average Bonchev–Trinajstić information content (AvgIpc) is 2.37. The molecule has 3 heteroatoms. The van der Waals surface area contributed by atoms with Crippen molar-refractivity contribution in [2.75, 3.05) is 6.61 Å². The minimum atomic E-state index is 0.130. The van der Waals surface area contributed by atoms with Crippen molar-refractivity contribution in [3.63, 3.8) is 0 Å². The van der Waals surface area contributed by atoms with E-state index in [1.165, 1.54) is 32.1 Å². The van der Waals surface area contributed by atoms with Gasteiger partial charge in [0.05, 0.1) is 12.7 Å². The number of piperidine rings is 1. The SMILES string of the molecule is CC1CC(C)(C)N(OCCCC#N)C2CCCCC12. The van der Waals surface area contributed by atoms with Gasteiger partial charge in [-0.15, -0.1) is 0 Å². The standard InChI is InChI=1S/C16H28N2O/c1-13-12-16(2,3)18(19-11-7-6-10-17)15-9-5-4-8-14(13)15/h13-15H,4-9,11-12H2,1-3H3. The molecule has 3 atom stereocenters. The maximum absolute atomic E-state index is 8.61. The first kappa shape index (κ1) is 14.8. The van der Waals surface area contributed by atoms with E-state index in [1.807, 2.05) is 0 Å². The van der Waals surface area contributed by atoms with Crippen LogP contribution in [0.3, 0.4) is 0 Å². The lowest BCUT2D eigenvalue weighted by Gasteiger charge is -2.54. The predicted octanol–water partition coefficient (Wildman–Crippen LogP) is 3.90. The molecule has 1 saturated carbocycles. The van der Waals surface area contributed by atoms with Crippen LogP contribution < -0.4 is 0 Å². The van der Waals surface area contributed by atoms with Gasteiger partial charge in [0.15, 0.2) is 0 Å². The summed E-state index contributed by atoms with van der Waals surface area (Å²) in [4.78, 5) is 6.10. The summed E-state index contributed by atoms with van der Waals surface area (Å²) in [5, 5.41) is 10.9. The van der Waals surface area contributed by atoms with Gasteiger partial charge < -0.3 is 0 Å². The molecule has 2 aliphatic rings. The van der Waals surface area contributed by atoms with Crippen LogP contribution in [-0.2, 0) is 4.84 Å². The third kappa shape index (κ3) is 3.30. The number of fused-ring (bicyclic) bond motifs is 1. The smallest absolute Gasteiger partial charge is 0.0695 e. The molecule has 0 spiro atoms. The van der Waals surface area contributed by atoms with Crippen molar-refractivity contribution in [1.29, 1.82) is 5.26 Å². The molecule has 0 aromatic carbocycles. The number of nitrogens with zero attached hydrogens (tertiary/aromatic N) is 2. The van der Waals surface area contributed by atoms with Gasteiger partial charge in [-0.3, -0.25) is 4.84 Å². The number of hydroxylamine groups is 2.